The van der Waals surface area contributed by atoms with E-state index in [0.717, 1.165) is 36.8 Å². The number of carbonyl (C=O) groups excluding carboxylic acids is 1. The van der Waals surface area contributed by atoms with Gasteiger partial charge in [-0.3, -0.25) is 4.79 Å². The summed E-state index contributed by atoms with van der Waals surface area (Å²) >= 11 is 0. The summed E-state index contributed by atoms with van der Waals surface area (Å²) in [6.07, 6.45) is 4.75. The molecule has 2 aliphatic rings. The zero-order valence-electron chi connectivity index (χ0n) is 16.0. The van der Waals surface area contributed by atoms with Gasteiger partial charge in [-0.2, -0.15) is 0 Å². The van der Waals surface area contributed by atoms with Crippen LogP contribution in [-0.2, 0) is 0 Å². The van der Waals surface area contributed by atoms with Crippen molar-refractivity contribution in [3.05, 3.63) is 35.7 Å². The number of amides is 1. The van der Waals surface area contributed by atoms with Crippen LogP contribution < -0.4 is 10.6 Å². The van der Waals surface area contributed by atoms with E-state index in [4.69, 9.17) is 0 Å². The number of carbonyl (C=O) groups is 1. The van der Waals surface area contributed by atoms with Crippen molar-refractivity contribution in [1.29, 1.82) is 0 Å². The molecule has 28 heavy (non-hydrogen) atoms. The van der Waals surface area contributed by atoms with Gasteiger partial charge in [-0.05, 0) is 63.6 Å². The van der Waals surface area contributed by atoms with Crippen molar-refractivity contribution >= 4 is 16.9 Å². The molecule has 0 aliphatic heterocycles. The smallest absolute Gasteiger partial charge is 0.253 e. The van der Waals surface area contributed by atoms with Crippen LogP contribution in [-0.4, -0.2) is 40.4 Å². The van der Waals surface area contributed by atoms with Crippen LogP contribution in [0.2, 0.25) is 0 Å². The van der Waals surface area contributed by atoms with Gasteiger partial charge in [0.15, 0.2) is 5.65 Å². The zero-order valence-corrected chi connectivity index (χ0v) is 16.0. The van der Waals surface area contributed by atoms with Gasteiger partial charge in [-0.25, -0.2) is 18.7 Å². The quantitative estimate of drug-likeness (QED) is 0.790. The molecule has 0 spiro atoms. The van der Waals surface area contributed by atoms with E-state index in [2.05, 4.69) is 20.6 Å². The summed E-state index contributed by atoms with van der Waals surface area (Å²) in [6.45, 7) is 1.51. The maximum Gasteiger partial charge on any atom is 0.253 e. The van der Waals surface area contributed by atoms with E-state index in [1.54, 1.807) is 6.20 Å². The summed E-state index contributed by atoms with van der Waals surface area (Å²) in [7, 11) is 0. The first kappa shape index (κ1) is 19.2. The maximum absolute atomic E-state index is 12.7. The Bertz CT molecular complexity index is 847. The largest absolute Gasteiger partial charge is 0.349 e. The zero-order chi connectivity index (χ0) is 19.7. The maximum atomic E-state index is 12.7. The van der Waals surface area contributed by atoms with Gasteiger partial charge in [0.2, 0.25) is 0 Å². The molecule has 150 valence electrons. The fourth-order valence-electron chi connectivity index (χ4n) is 3.87. The molecule has 2 aromatic heterocycles. The summed E-state index contributed by atoms with van der Waals surface area (Å²) in [6, 6.07) is 5.20. The number of hydrogen-bond acceptors (Lipinski definition) is 4. The van der Waals surface area contributed by atoms with E-state index in [0.29, 0.717) is 17.1 Å². The molecular formula is C21H26F2N4O. The lowest BCUT2D eigenvalue weighted by molar-refractivity contribution is 0.0894. The van der Waals surface area contributed by atoms with E-state index in [-0.39, 0.29) is 18.0 Å². The van der Waals surface area contributed by atoms with Crippen LogP contribution in [0.4, 0.5) is 8.78 Å². The van der Waals surface area contributed by atoms with Crippen LogP contribution in [0.25, 0.3) is 11.0 Å². The first-order valence-corrected chi connectivity index (χ1v) is 10.1. The van der Waals surface area contributed by atoms with Crippen molar-refractivity contribution < 1.29 is 13.6 Å². The molecule has 2 saturated carbocycles. The van der Waals surface area contributed by atoms with E-state index in [1.165, 1.54) is 19.8 Å². The number of nitrogens with zero attached hydrogens (tertiary/aromatic N) is 2. The highest BCUT2D eigenvalue weighted by Crippen LogP contribution is 2.39. The van der Waals surface area contributed by atoms with Crippen molar-refractivity contribution in [3.8, 4) is 0 Å². The molecule has 0 aromatic carbocycles. The van der Waals surface area contributed by atoms with Gasteiger partial charge in [0.1, 0.15) is 0 Å². The fraction of sp³-hybridized carbons (Fsp3) is 0.571. The lowest BCUT2D eigenvalue weighted by Crippen LogP contribution is -2.46. The number of rotatable bonds is 6. The van der Waals surface area contributed by atoms with Crippen molar-refractivity contribution in [3.63, 3.8) is 0 Å². The standard InChI is InChI=1S/C21H26F2N4O/c1-12(19(22)23)25-16-5-7-17(8-6-16)26-21(28)15-10-14-4-9-18(13-2-3-13)27-20(14)24-11-15/h4,9-13,16-17,19,25H,2-3,5-8H2,1H3,(H,26,28)/t12?,16-,17-. The predicted molar refractivity (Wildman–Crippen MR) is 104 cm³/mol. The Morgan fingerprint density at radius 3 is 2.50 bits per heavy atom. The third-order valence-corrected chi connectivity index (χ3v) is 5.76. The highest BCUT2D eigenvalue weighted by Gasteiger charge is 2.27. The van der Waals surface area contributed by atoms with E-state index >= 15 is 0 Å². The summed E-state index contributed by atoms with van der Waals surface area (Å²) in [5.41, 5.74) is 2.30. The molecule has 2 fully saturated rings. The van der Waals surface area contributed by atoms with E-state index in [9.17, 15) is 13.6 Å². The second-order valence-corrected chi connectivity index (χ2v) is 8.09. The average Bonchev–Trinajstić information content (AvgIpc) is 3.54. The SMILES string of the molecule is CC(N[C@H]1CC[C@H](NC(=O)c2cnc3nc(C4CC4)ccc3c2)CC1)C(F)F. The molecule has 0 radical (unpaired) electrons. The molecule has 2 aromatic rings. The first-order valence-electron chi connectivity index (χ1n) is 10.1. The normalized spacial score (nSPS) is 23.7. The van der Waals surface area contributed by atoms with Crippen molar-refractivity contribution in [2.75, 3.05) is 0 Å². The Morgan fingerprint density at radius 1 is 1.11 bits per heavy atom. The number of fused-ring (bicyclic) bond motifs is 1. The van der Waals surface area contributed by atoms with Crippen molar-refractivity contribution in [2.45, 2.75) is 75.9 Å². The fourth-order valence-corrected chi connectivity index (χ4v) is 3.87. The van der Waals surface area contributed by atoms with Crippen LogP contribution in [0.3, 0.4) is 0 Å². The number of alkyl halides is 2. The molecular weight excluding hydrogens is 362 g/mol. The second kappa shape index (κ2) is 8.07. The highest BCUT2D eigenvalue weighted by molar-refractivity contribution is 5.97. The Hall–Kier alpha value is -2.15. The number of aromatic nitrogens is 2. The van der Waals surface area contributed by atoms with Gasteiger partial charge in [0, 0.05) is 35.3 Å². The van der Waals surface area contributed by atoms with Gasteiger partial charge in [0.25, 0.3) is 12.3 Å². The summed E-state index contributed by atoms with van der Waals surface area (Å²) in [4.78, 5) is 21.6. The summed E-state index contributed by atoms with van der Waals surface area (Å²) < 4.78 is 25.3. The van der Waals surface area contributed by atoms with Gasteiger partial charge < -0.3 is 10.6 Å². The molecule has 7 heteroatoms. The molecule has 0 bridgehead atoms. The number of hydrogen-bond donors (Lipinski definition) is 2. The van der Waals surface area contributed by atoms with E-state index < -0.39 is 12.5 Å². The number of nitrogens with one attached hydrogen (secondary N) is 2. The van der Waals surface area contributed by atoms with Crippen LogP contribution in [0.15, 0.2) is 24.4 Å². The molecule has 2 aliphatic carbocycles. The monoisotopic (exact) mass is 388 g/mol. The molecule has 2 N–H and O–H groups in total. The Morgan fingerprint density at radius 2 is 1.82 bits per heavy atom. The van der Waals surface area contributed by atoms with Crippen LogP contribution in [0.1, 0.15) is 67.4 Å². The lowest BCUT2D eigenvalue weighted by atomic mass is 9.90. The molecule has 1 atom stereocenters. The predicted octanol–water partition coefficient (Wildman–Crippen LogP) is 3.79. The average molecular weight is 388 g/mol. The van der Waals surface area contributed by atoms with Gasteiger partial charge >= 0.3 is 0 Å². The molecule has 4 rings (SSSR count). The van der Waals surface area contributed by atoms with Crippen molar-refractivity contribution in [1.82, 2.24) is 20.6 Å². The lowest BCUT2D eigenvalue weighted by Gasteiger charge is -2.31. The Balaban J connectivity index is 1.33. The van der Waals surface area contributed by atoms with Crippen LogP contribution in [0, 0.1) is 0 Å². The highest BCUT2D eigenvalue weighted by atomic mass is 19.3. The molecule has 1 amide bonds. The molecule has 5 nitrogen and oxygen atoms in total. The minimum Gasteiger partial charge on any atom is -0.349 e. The topological polar surface area (TPSA) is 66.9 Å². The minimum absolute atomic E-state index is 0.0680. The molecule has 0 saturated heterocycles. The summed E-state index contributed by atoms with van der Waals surface area (Å²) in [5, 5.41) is 6.91. The van der Waals surface area contributed by atoms with Crippen molar-refractivity contribution in [2.24, 2.45) is 0 Å². The summed E-state index contributed by atoms with van der Waals surface area (Å²) in [5.74, 6) is 0.431. The van der Waals surface area contributed by atoms with Crippen LogP contribution >= 0.6 is 0 Å². The molecule has 2 heterocycles. The third-order valence-electron chi connectivity index (χ3n) is 5.76. The number of halogens is 2. The van der Waals surface area contributed by atoms with Gasteiger partial charge in [-0.1, -0.05) is 0 Å². The van der Waals surface area contributed by atoms with Gasteiger partial charge in [-0.15, -0.1) is 0 Å². The van der Waals surface area contributed by atoms with Crippen LogP contribution in [0.5, 0.6) is 0 Å². The second-order valence-electron chi connectivity index (χ2n) is 8.09. The molecule has 1 unspecified atom stereocenters. The Kier molecular flexibility index (Phi) is 5.53. The minimum atomic E-state index is -2.35. The first-order chi connectivity index (χ1) is 13.5. The number of pyridine rings is 2. The van der Waals surface area contributed by atoms with Gasteiger partial charge in [0.05, 0.1) is 11.6 Å². The Labute approximate surface area is 163 Å². The third kappa shape index (κ3) is 4.46. The van der Waals surface area contributed by atoms with E-state index in [1.807, 2.05) is 18.2 Å².